The van der Waals surface area contributed by atoms with Crippen molar-refractivity contribution in [2.75, 3.05) is 26.3 Å². The van der Waals surface area contributed by atoms with Crippen molar-refractivity contribution < 1.29 is 4.74 Å². The van der Waals surface area contributed by atoms with Crippen LogP contribution in [0.1, 0.15) is 49.8 Å². The van der Waals surface area contributed by atoms with Crippen LogP contribution in [0.25, 0.3) is 0 Å². The highest BCUT2D eigenvalue weighted by atomic mass is 35.5. The molecule has 1 heterocycles. The molecule has 1 unspecified atom stereocenters. The molecule has 1 atom stereocenters. The van der Waals surface area contributed by atoms with Crippen molar-refractivity contribution in [1.29, 1.82) is 0 Å². The molecule has 0 aliphatic rings. The van der Waals surface area contributed by atoms with E-state index in [0.29, 0.717) is 12.5 Å². The quantitative estimate of drug-likeness (QED) is 0.331. The van der Waals surface area contributed by atoms with E-state index in [1.807, 2.05) is 37.6 Å². The van der Waals surface area contributed by atoms with Gasteiger partial charge in [0, 0.05) is 44.3 Å². The molecule has 0 saturated carbocycles. The Kier molecular flexibility index (Phi) is 9.94. The second-order valence-corrected chi connectivity index (χ2v) is 7.34. The van der Waals surface area contributed by atoms with Crippen molar-refractivity contribution in [3.05, 3.63) is 46.5 Å². The van der Waals surface area contributed by atoms with Gasteiger partial charge in [-0.1, -0.05) is 30.7 Å². The molecule has 0 aliphatic carbocycles. The van der Waals surface area contributed by atoms with Gasteiger partial charge < -0.3 is 19.9 Å². The number of aromatic nitrogens is 3. The summed E-state index contributed by atoms with van der Waals surface area (Å²) >= 11 is 6.03. The van der Waals surface area contributed by atoms with E-state index in [1.165, 1.54) is 5.56 Å². The Labute approximate surface area is 178 Å². The van der Waals surface area contributed by atoms with Crippen LogP contribution in [-0.2, 0) is 18.3 Å². The van der Waals surface area contributed by atoms with E-state index in [4.69, 9.17) is 21.3 Å². The van der Waals surface area contributed by atoms with E-state index < -0.39 is 0 Å². The average molecular weight is 421 g/mol. The monoisotopic (exact) mass is 420 g/mol. The van der Waals surface area contributed by atoms with Gasteiger partial charge in [0.2, 0.25) is 0 Å². The number of aryl methyl sites for hydroxylation is 1. The Hall–Kier alpha value is -2.12. The molecule has 0 fully saturated rings. The third-order valence-corrected chi connectivity index (χ3v) is 5.13. The van der Waals surface area contributed by atoms with Gasteiger partial charge >= 0.3 is 0 Å². The molecular formula is C21H33ClN6O. The topological polar surface area (TPSA) is 76.4 Å². The lowest BCUT2D eigenvalue weighted by Crippen LogP contribution is -2.40. The Morgan fingerprint density at radius 3 is 2.59 bits per heavy atom. The Bertz CT molecular complexity index is 759. The molecule has 29 heavy (non-hydrogen) atoms. The van der Waals surface area contributed by atoms with Gasteiger partial charge in [-0.15, -0.1) is 10.2 Å². The molecule has 0 spiro atoms. The van der Waals surface area contributed by atoms with Gasteiger partial charge in [0.05, 0.1) is 0 Å². The largest absolute Gasteiger partial charge is 0.382 e. The minimum Gasteiger partial charge on any atom is -0.382 e. The summed E-state index contributed by atoms with van der Waals surface area (Å²) in [7, 11) is 1.95. The molecule has 7 nitrogen and oxygen atoms in total. The Balaban J connectivity index is 1.99. The van der Waals surface area contributed by atoms with Crippen LogP contribution in [0.3, 0.4) is 0 Å². The van der Waals surface area contributed by atoms with Crippen molar-refractivity contribution in [2.45, 2.75) is 46.1 Å². The fraction of sp³-hybridized carbons (Fsp3) is 0.571. The number of rotatable bonds is 11. The van der Waals surface area contributed by atoms with E-state index in [2.05, 4.69) is 39.9 Å². The summed E-state index contributed by atoms with van der Waals surface area (Å²) < 4.78 is 7.37. The second-order valence-electron chi connectivity index (χ2n) is 6.90. The molecule has 1 aromatic carbocycles. The Morgan fingerprint density at radius 1 is 1.21 bits per heavy atom. The van der Waals surface area contributed by atoms with Gasteiger partial charge in [0.25, 0.3) is 0 Å². The van der Waals surface area contributed by atoms with Crippen LogP contribution in [0, 0.1) is 6.92 Å². The third-order valence-electron chi connectivity index (χ3n) is 4.87. The fourth-order valence-electron chi connectivity index (χ4n) is 2.89. The van der Waals surface area contributed by atoms with Crippen LogP contribution in [-0.4, -0.2) is 47.0 Å². The van der Waals surface area contributed by atoms with Gasteiger partial charge in [-0.3, -0.25) is 0 Å². The molecule has 8 heteroatoms. The van der Waals surface area contributed by atoms with Crippen molar-refractivity contribution in [1.82, 2.24) is 25.4 Å². The lowest BCUT2D eigenvalue weighted by Gasteiger charge is -2.19. The number of benzene rings is 1. The van der Waals surface area contributed by atoms with Gasteiger partial charge in [-0.05, 0) is 44.4 Å². The number of halogens is 1. The zero-order valence-corrected chi connectivity index (χ0v) is 18.7. The highest BCUT2D eigenvalue weighted by Gasteiger charge is 2.11. The van der Waals surface area contributed by atoms with Gasteiger partial charge in [0.15, 0.2) is 11.8 Å². The maximum absolute atomic E-state index is 6.03. The van der Waals surface area contributed by atoms with Gasteiger partial charge in [-0.2, -0.15) is 0 Å². The number of nitrogens with one attached hydrogen (secondary N) is 2. The molecule has 160 valence electrons. The van der Waals surface area contributed by atoms with E-state index >= 15 is 0 Å². The molecule has 0 aliphatic heterocycles. The van der Waals surface area contributed by atoms with Gasteiger partial charge in [-0.25, -0.2) is 4.99 Å². The molecule has 0 amide bonds. The van der Waals surface area contributed by atoms with Crippen LogP contribution in [0.5, 0.6) is 0 Å². The summed E-state index contributed by atoms with van der Waals surface area (Å²) in [6.07, 6.45) is 1.95. The standard InChI is InChI=1S/C21H33ClN6O/c1-5-17(18-8-10-19(22)11-9-18)14-24-21(23-12-7-13-29-6-2)25-15-20-27-26-16(3)28(20)4/h8-11,17H,5-7,12-15H2,1-4H3,(H2,23,24,25). The number of ether oxygens (including phenoxy) is 1. The molecule has 2 rings (SSSR count). The van der Waals surface area contributed by atoms with Crippen molar-refractivity contribution in [2.24, 2.45) is 12.0 Å². The van der Waals surface area contributed by atoms with E-state index in [9.17, 15) is 0 Å². The lowest BCUT2D eigenvalue weighted by molar-refractivity contribution is 0.145. The lowest BCUT2D eigenvalue weighted by atomic mass is 9.96. The molecular weight excluding hydrogens is 388 g/mol. The molecule has 0 saturated heterocycles. The predicted molar refractivity (Wildman–Crippen MR) is 118 cm³/mol. The first-order valence-electron chi connectivity index (χ1n) is 10.2. The zero-order chi connectivity index (χ0) is 21.1. The third kappa shape index (κ3) is 7.66. The molecule has 2 N–H and O–H groups in total. The molecule has 0 radical (unpaired) electrons. The summed E-state index contributed by atoms with van der Waals surface area (Å²) in [4.78, 5) is 4.71. The highest BCUT2D eigenvalue weighted by Crippen LogP contribution is 2.20. The number of hydrogen-bond acceptors (Lipinski definition) is 4. The summed E-state index contributed by atoms with van der Waals surface area (Å²) in [5, 5.41) is 15.9. The molecule has 0 bridgehead atoms. The first-order chi connectivity index (χ1) is 14.0. The number of guanidine groups is 1. The number of aliphatic imine (C=N–C) groups is 1. The average Bonchev–Trinajstić information content (AvgIpc) is 3.04. The molecule has 1 aromatic heterocycles. The smallest absolute Gasteiger partial charge is 0.191 e. The van der Waals surface area contributed by atoms with Crippen molar-refractivity contribution >= 4 is 17.6 Å². The maximum atomic E-state index is 6.03. The first-order valence-corrected chi connectivity index (χ1v) is 10.6. The van der Waals surface area contributed by atoms with Crippen LogP contribution < -0.4 is 10.6 Å². The van der Waals surface area contributed by atoms with E-state index in [1.54, 1.807) is 0 Å². The van der Waals surface area contributed by atoms with Crippen LogP contribution in [0.4, 0.5) is 0 Å². The first kappa shape index (κ1) is 23.2. The number of hydrogen-bond donors (Lipinski definition) is 2. The van der Waals surface area contributed by atoms with E-state index in [-0.39, 0.29) is 0 Å². The number of nitrogens with zero attached hydrogens (tertiary/aromatic N) is 4. The summed E-state index contributed by atoms with van der Waals surface area (Å²) in [6, 6.07) is 8.06. The summed E-state index contributed by atoms with van der Waals surface area (Å²) in [5.74, 6) is 2.86. The molecule has 2 aromatic rings. The summed E-state index contributed by atoms with van der Waals surface area (Å²) in [5.41, 5.74) is 1.27. The normalized spacial score (nSPS) is 12.8. The van der Waals surface area contributed by atoms with Crippen molar-refractivity contribution in [3.63, 3.8) is 0 Å². The maximum Gasteiger partial charge on any atom is 0.191 e. The fourth-order valence-corrected chi connectivity index (χ4v) is 3.02. The van der Waals surface area contributed by atoms with Crippen LogP contribution in [0.15, 0.2) is 29.3 Å². The zero-order valence-electron chi connectivity index (χ0n) is 17.9. The SMILES string of the molecule is CCOCCCNC(=NCc1nnc(C)n1C)NCC(CC)c1ccc(Cl)cc1. The highest BCUT2D eigenvalue weighted by molar-refractivity contribution is 6.30. The summed E-state index contributed by atoms with van der Waals surface area (Å²) in [6.45, 7) is 9.65. The van der Waals surface area contributed by atoms with Crippen molar-refractivity contribution in [3.8, 4) is 0 Å². The minimum atomic E-state index is 0.375. The second kappa shape index (κ2) is 12.4. The van der Waals surface area contributed by atoms with Crippen LogP contribution >= 0.6 is 11.6 Å². The minimum absolute atomic E-state index is 0.375. The Morgan fingerprint density at radius 2 is 1.97 bits per heavy atom. The predicted octanol–water partition coefficient (Wildman–Crippen LogP) is 3.43. The van der Waals surface area contributed by atoms with Crippen LogP contribution in [0.2, 0.25) is 5.02 Å². The van der Waals surface area contributed by atoms with Gasteiger partial charge in [0.1, 0.15) is 12.4 Å². The van der Waals surface area contributed by atoms with E-state index in [0.717, 1.165) is 61.8 Å².